The van der Waals surface area contributed by atoms with Gasteiger partial charge in [-0.25, -0.2) is 0 Å². The molecule has 25 heavy (non-hydrogen) atoms. The van der Waals surface area contributed by atoms with Gasteiger partial charge < -0.3 is 14.8 Å². The molecule has 0 aliphatic carbocycles. The molecule has 0 aliphatic rings. The van der Waals surface area contributed by atoms with Crippen molar-refractivity contribution in [2.45, 2.75) is 33.8 Å². The lowest BCUT2D eigenvalue weighted by atomic mass is 10.1. The Morgan fingerprint density at radius 2 is 1.80 bits per heavy atom. The van der Waals surface area contributed by atoms with E-state index >= 15 is 0 Å². The number of nitrogens with one attached hydrogen (secondary N) is 1. The van der Waals surface area contributed by atoms with Gasteiger partial charge in [0.05, 0.1) is 13.2 Å². The summed E-state index contributed by atoms with van der Waals surface area (Å²) in [5.74, 6) is 1.16. The zero-order chi connectivity index (χ0) is 18.4. The Bertz CT molecular complexity index is 779. The molecular weight excluding hydrogens is 314 g/mol. The van der Waals surface area contributed by atoms with Gasteiger partial charge >= 0.3 is 0 Å². The zero-order valence-electron chi connectivity index (χ0n) is 15.4. The molecule has 0 heterocycles. The minimum Gasteiger partial charge on any atom is -0.493 e. The van der Waals surface area contributed by atoms with Gasteiger partial charge in [-0.3, -0.25) is 4.79 Å². The second-order valence-corrected chi connectivity index (χ2v) is 6.20. The normalized spacial score (nSPS) is 11.0. The summed E-state index contributed by atoms with van der Waals surface area (Å²) in [6.45, 7) is 7.99. The minimum atomic E-state index is -0.176. The van der Waals surface area contributed by atoms with E-state index in [1.807, 2.05) is 64.1 Å². The summed E-state index contributed by atoms with van der Waals surface area (Å²) in [7, 11) is 1.60. The predicted octanol–water partition coefficient (Wildman–Crippen LogP) is 4.75. The number of anilines is 1. The molecule has 0 radical (unpaired) electrons. The Balaban J connectivity index is 2.07. The van der Waals surface area contributed by atoms with Crippen LogP contribution in [0.25, 0.3) is 6.08 Å². The van der Waals surface area contributed by atoms with Gasteiger partial charge in [-0.15, -0.1) is 0 Å². The van der Waals surface area contributed by atoms with Gasteiger partial charge in [-0.05, 0) is 74.7 Å². The molecule has 0 saturated heterocycles. The molecule has 2 rings (SSSR count). The fourth-order valence-electron chi connectivity index (χ4n) is 2.31. The summed E-state index contributed by atoms with van der Waals surface area (Å²) in [6, 6.07) is 11.4. The van der Waals surface area contributed by atoms with Gasteiger partial charge in [0.2, 0.25) is 5.91 Å². The van der Waals surface area contributed by atoms with Crippen LogP contribution in [0.2, 0.25) is 0 Å². The van der Waals surface area contributed by atoms with Crippen LogP contribution in [0.5, 0.6) is 11.5 Å². The first-order chi connectivity index (χ1) is 11.9. The average Bonchev–Trinajstić information content (AvgIpc) is 2.57. The first kappa shape index (κ1) is 18.6. The smallest absolute Gasteiger partial charge is 0.248 e. The Kier molecular flexibility index (Phi) is 6.23. The molecule has 4 heteroatoms. The lowest BCUT2D eigenvalue weighted by Crippen LogP contribution is -2.08. The summed E-state index contributed by atoms with van der Waals surface area (Å²) in [4.78, 5) is 12.1. The molecule has 1 amide bonds. The van der Waals surface area contributed by atoms with Crippen LogP contribution in [0.3, 0.4) is 0 Å². The number of methoxy groups -OCH3 is 1. The monoisotopic (exact) mass is 339 g/mol. The van der Waals surface area contributed by atoms with Crippen molar-refractivity contribution in [2.75, 3.05) is 12.4 Å². The van der Waals surface area contributed by atoms with Gasteiger partial charge in [0, 0.05) is 11.8 Å². The van der Waals surface area contributed by atoms with Gasteiger partial charge in [-0.1, -0.05) is 12.1 Å². The Morgan fingerprint density at radius 1 is 1.04 bits per heavy atom. The van der Waals surface area contributed by atoms with Crippen molar-refractivity contribution in [3.8, 4) is 11.5 Å². The Hall–Kier alpha value is -2.75. The van der Waals surface area contributed by atoms with Crippen molar-refractivity contribution >= 4 is 17.7 Å². The average molecular weight is 339 g/mol. The number of hydrogen-bond acceptors (Lipinski definition) is 3. The number of amides is 1. The van der Waals surface area contributed by atoms with E-state index in [4.69, 9.17) is 9.47 Å². The summed E-state index contributed by atoms with van der Waals surface area (Å²) in [5, 5.41) is 2.86. The molecular formula is C21H25NO3. The fourth-order valence-corrected chi connectivity index (χ4v) is 2.31. The fraction of sp³-hybridized carbons (Fsp3) is 0.286. The van der Waals surface area contributed by atoms with Crippen molar-refractivity contribution in [3.05, 3.63) is 59.2 Å². The van der Waals surface area contributed by atoms with Gasteiger partial charge in [-0.2, -0.15) is 0 Å². The first-order valence-corrected chi connectivity index (χ1v) is 8.30. The zero-order valence-corrected chi connectivity index (χ0v) is 15.4. The van der Waals surface area contributed by atoms with E-state index in [2.05, 4.69) is 5.32 Å². The standard InChI is InChI=1S/C21H25NO3/c1-14(2)25-19-10-7-17(13-20(19)24-5)8-11-21(23)22-18-9-6-15(3)16(4)12-18/h6-14H,1-5H3,(H,22,23)/b11-8+. The molecule has 0 spiro atoms. The maximum Gasteiger partial charge on any atom is 0.248 e. The number of rotatable bonds is 6. The number of benzene rings is 2. The maximum atomic E-state index is 12.1. The molecule has 0 aromatic heterocycles. The van der Waals surface area contributed by atoms with Crippen LogP contribution < -0.4 is 14.8 Å². The van der Waals surface area contributed by atoms with E-state index in [1.54, 1.807) is 13.2 Å². The highest BCUT2D eigenvalue weighted by Crippen LogP contribution is 2.29. The molecule has 0 atom stereocenters. The van der Waals surface area contributed by atoms with Crippen molar-refractivity contribution in [3.63, 3.8) is 0 Å². The second-order valence-electron chi connectivity index (χ2n) is 6.20. The van der Waals surface area contributed by atoms with E-state index < -0.39 is 0 Å². The third-order valence-corrected chi connectivity index (χ3v) is 3.75. The van der Waals surface area contributed by atoms with Crippen molar-refractivity contribution in [1.29, 1.82) is 0 Å². The van der Waals surface area contributed by atoms with Crippen molar-refractivity contribution in [2.24, 2.45) is 0 Å². The molecule has 0 saturated carbocycles. The highest BCUT2D eigenvalue weighted by atomic mass is 16.5. The Labute approximate surface area is 149 Å². The third-order valence-electron chi connectivity index (χ3n) is 3.75. The van der Waals surface area contributed by atoms with E-state index in [0.717, 1.165) is 16.8 Å². The second kappa shape index (κ2) is 8.38. The van der Waals surface area contributed by atoms with Crippen LogP contribution in [-0.4, -0.2) is 19.1 Å². The van der Waals surface area contributed by atoms with E-state index in [0.29, 0.717) is 11.5 Å². The summed E-state index contributed by atoms with van der Waals surface area (Å²) in [6.07, 6.45) is 3.32. The van der Waals surface area contributed by atoms with E-state index in [9.17, 15) is 4.79 Å². The minimum absolute atomic E-state index is 0.0686. The molecule has 0 fully saturated rings. The number of carbonyl (C=O) groups excluding carboxylic acids is 1. The molecule has 2 aromatic rings. The molecule has 2 aromatic carbocycles. The SMILES string of the molecule is COc1cc(/C=C/C(=O)Nc2ccc(C)c(C)c2)ccc1OC(C)C. The summed E-state index contributed by atoms with van der Waals surface area (Å²) >= 11 is 0. The highest BCUT2D eigenvalue weighted by Gasteiger charge is 2.07. The van der Waals surface area contributed by atoms with Gasteiger partial charge in [0.25, 0.3) is 0 Å². The summed E-state index contributed by atoms with van der Waals surface area (Å²) < 4.78 is 11.0. The largest absolute Gasteiger partial charge is 0.493 e. The number of hydrogen-bond donors (Lipinski definition) is 1. The number of carbonyl (C=O) groups is 1. The molecule has 132 valence electrons. The number of ether oxygens (including phenoxy) is 2. The first-order valence-electron chi connectivity index (χ1n) is 8.30. The quantitative estimate of drug-likeness (QED) is 0.773. The van der Waals surface area contributed by atoms with E-state index in [1.165, 1.54) is 11.6 Å². The lowest BCUT2D eigenvalue weighted by Gasteiger charge is -2.13. The maximum absolute atomic E-state index is 12.1. The molecule has 4 nitrogen and oxygen atoms in total. The molecule has 0 aliphatic heterocycles. The van der Waals surface area contributed by atoms with Crippen LogP contribution in [0.4, 0.5) is 5.69 Å². The van der Waals surface area contributed by atoms with Crippen LogP contribution in [0.15, 0.2) is 42.5 Å². The van der Waals surface area contributed by atoms with Crippen molar-refractivity contribution in [1.82, 2.24) is 0 Å². The van der Waals surface area contributed by atoms with E-state index in [-0.39, 0.29) is 12.0 Å². The van der Waals surface area contributed by atoms with Crippen LogP contribution in [-0.2, 0) is 4.79 Å². The molecule has 0 unspecified atom stereocenters. The topological polar surface area (TPSA) is 47.6 Å². The summed E-state index contributed by atoms with van der Waals surface area (Å²) in [5.41, 5.74) is 4.00. The predicted molar refractivity (Wildman–Crippen MR) is 102 cm³/mol. The van der Waals surface area contributed by atoms with Gasteiger partial charge in [0.15, 0.2) is 11.5 Å². The van der Waals surface area contributed by atoms with Crippen LogP contribution in [0.1, 0.15) is 30.5 Å². The molecule has 1 N–H and O–H groups in total. The van der Waals surface area contributed by atoms with Crippen LogP contribution in [0, 0.1) is 13.8 Å². The van der Waals surface area contributed by atoms with Gasteiger partial charge in [0.1, 0.15) is 0 Å². The lowest BCUT2D eigenvalue weighted by molar-refractivity contribution is -0.111. The van der Waals surface area contributed by atoms with Crippen molar-refractivity contribution < 1.29 is 14.3 Å². The number of aryl methyl sites for hydroxylation is 2. The highest BCUT2D eigenvalue weighted by molar-refractivity contribution is 6.02. The molecule has 0 bridgehead atoms. The third kappa shape index (κ3) is 5.38. The van der Waals surface area contributed by atoms with Crippen LogP contribution >= 0.6 is 0 Å². The Morgan fingerprint density at radius 3 is 2.44 bits per heavy atom.